The van der Waals surface area contributed by atoms with Gasteiger partial charge in [0.05, 0.1) is 0 Å². The molecule has 0 bridgehead atoms. The Kier molecular flexibility index (Phi) is 24.1. The molecule has 136 valence electrons. The number of para-hydroxylation sites is 1. The van der Waals surface area contributed by atoms with E-state index >= 15 is 0 Å². The van der Waals surface area contributed by atoms with Crippen LogP contribution in [0.4, 0.5) is 5.69 Å². The highest BCUT2D eigenvalue weighted by atomic mass is 14.9. The van der Waals surface area contributed by atoms with Gasteiger partial charge >= 0.3 is 0 Å². The molecule has 1 heteroatoms. The number of hydrogen-bond acceptors (Lipinski definition) is 1. The number of nitrogens with one attached hydrogen (secondary N) is 1. The van der Waals surface area contributed by atoms with E-state index in [0.29, 0.717) is 0 Å². The van der Waals surface area contributed by atoms with Crippen molar-refractivity contribution in [2.75, 3.05) is 5.32 Å². The van der Waals surface area contributed by atoms with Gasteiger partial charge in [0.25, 0.3) is 0 Å². The summed E-state index contributed by atoms with van der Waals surface area (Å²) in [6, 6.07) is 6.36. The molecule has 1 rings (SSSR count). The minimum atomic E-state index is 1.07. The zero-order valence-electron chi connectivity index (χ0n) is 17.5. The molecule has 1 N–H and O–H groups in total. The van der Waals surface area contributed by atoms with E-state index in [1.165, 1.54) is 42.5 Å². The van der Waals surface area contributed by atoms with Gasteiger partial charge in [0.2, 0.25) is 0 Å². The molecule has 0 aliphatic heterocycles. The number of unbranched alkanes of at least 4 members (excludes halogenated alkanes) is 2. The van der Waals surface area contributed by atoms with Crippen LogP contribution in [-0.2, 0) is 0 Å². The Bertz CT molecular complexity index is 346. The number of benzene rings is 1. The highest BCUT2D eigenvalue weighted by molar-refractivity contribution is 5.59. The second kappa shape index (κ2) is 20.8. The van der Waals surface area contributed by atoms with Gasteiger partial charge in [0, 0.05) is 11.4 Å². The minimum absolute atomic E-state index is 1.07. The monoisotopic (exact) mass is 321 g/mol. The summed E-state index contributed by atoms with van der Waals surface area (Å²) in [7, 11) is 0. The van der Waals surface area contributed by atoms with Gasteiger partial charge in [-0.1, -0.05) is 92.5 Å². The quantitative estimate of drug-likeness (QED) is 0.520. The molecule has 0 saturated heterocycles. The second-order valence-electron chi connectivity index (χ2n) is 5.16. The van der Waals surface area contributed by atoms with Crippen LogP contribution in [0.2, 0.25) is 0 Å². The Morgan fingerprint density at radius 2 is 1.35 bits per heavy atom. The highest BCUT2D eigenvalue weighted by Gasteiger charge is 2.02. The third kappa shape index (κ3) is 15.4. The number of aryl methyl sites for hydroxylation is 2. The summed E-state index contributed by atoms with van der Waals surface area (Å²) in [4.78, 5) is 0. The van der Waals surface area contributed by atoms with E-state index in [4.69, 9.17) is 0 Å². The molecule has 0 spiro atoms. The van der Waals surface area contributed by atoms with E-state index in [2.05, 4.69) is 64.7 Å². The molecule has 0 aliphatic carbocycles. The van der Waals surface area contributed by atoms with E-state index in [0.717, 1.165) is 12.1 Å². The summed E-state index contributed by atoms with van der Waals surface area (Å²) in [6.45, 7) is 22.8. The lowest BCUT2D eigenvalue weighted by Gasteiger charge is -2.14. The van der Waals surface area contributed by atoms with Crippen LogP contribution in [0.3, 0.4) is 0 Å². The minimum Gasteiger partial charge on any atom is -0.359 e. The first-order chi connectivity index (χ1) is 11.1. The maximum absolute atomic E-state index is 4.09. The Morgan fingerprint density at radius 3 is 1.74 bits per heavy atom. The Labute approximate surface area is 147 Å². The summed E-state index contributed by atoms with van der Waals surface area (Å²) >= 11 is 0. The van der Waals surface area contributed by atoms with Crippen LogP contribution in [0.25, 0.3) is 0 Å². The van der Waals surface area contributed by atoms with Crippen LogP contribution in [0.1, 0.15) is 91.7 Å². The molecular formula is C22H43N. The predicted octanol–water partition coefficient (Wildman–Crippen LogP) is 8.28. The maximum atomic E-state index is 4.09. The lowest BCUT2D eigenvalue weighted by atomic mass is 10.1. The van der Waals surface area contributed by atoms with Crippen molar-refractivity contribution >= 4 is 5.69 Å². The van der Waals surface area contributed by atoms with Gasteiger partial charge in [0.15, 0.2) is 0 Å². The summed E-state index contributed by atoms with van der Waals surface area (Å²) in [5.74, 6) is 0. The van der Waals surface area contributed by atoms with E-state index in [1.807, 2.05) is 27.7 Å². The van der Waals surface area contributed by atoms with Crippen molar-refractivity contribution < 1.29 is 0 Å². The lowest BCUT2D eigenvalue weighted by Crippen LogP contribution is -2.01. The molecule has 0 radical (unpaired) electrons. The lowest BCUT2D eigenvalue weighted by molar-refractivity contribution is 0.715. The molecule has 1 aromatic carbocycles. The fourth-order valence-electron chi connectivity index (χ4n) is 1.84. The summed E-state index contributed by atoms with van der Waals surface area (Å²) in [5.41, 5.74) is 4.93. The highest BCUT2D eigenvalue weighted by Crippen LogP contribution is 2.22. The van der Waals surface area contributed by atoms with Crippen LogP contribution in [0.5, 0.6) is 0 Å². The molecule has 0 saturated carbocycles. The fraction of sp³-hybridized carbons (Fsp3) is 0.636. The topological polar surface area (TPSA) is 12.0 Å². The SMILES string of the molecule is C=C(CCCCC)Nc1c(C)cccc1C.CC.CC.CCC. The van der Waals surface area contributed by atoms with Crippen LogP contribution >= 0.6 is 0 Å². The average Bonchev–Trinajstić information content (AvgIpc) is 2.56. The molecule has 0 aliphatic rings. The first-order valence-electron chi connectivity index (χ1n) is 9.57. The number of rotatable bonds is 6. The first kappa shape index (κ1) is 26.6. The van der Waals surface area contributed by atoms with Gasteiger partial charge in [-0.3, -0.25) is 0 Å². The number of anilines is 1. The first-order valence-corrected chi connectivity index (χ1v) is 9.57. The zero-order valence-corrected chi connectivity index (χ0v) is 17.5. The van der Waals surface area contributed by atoms with Gasteiger partial charge in [0.1, 0.15) is 0 Å². The molecule has 0 heterocycles. The molecule has 0 fully saturated rings. The van der Waals surface area contributed by atoms with Crippen molar-refractivity contribution in [3.05, 3.63) is 41.6 Å². The van der Waals surface area contributed by atoms with Crippen LogP contribution in [0, 0.1) is 13.8 Å². The summed E-state index contributed by atoms with van der Waals surface area (Å²) in [6.07, 6.45) is 6.10. The summed E-state index contributed by atoms with van der Waals surface area (Å²) in [5, 5.41) is 3.44. The van der Waals surface area contributed by atoms with E-state index < -0.39 is 0 Å². The molecular weight excluding hydrogens is 278 g/mol. The van der Waals surface area contributed by atoms with Crippen molar-refractivity contribution in [1.82, 2.24) is 0 Å². The maximum Gasteiger partial charge on any atom is 0.0441 e. The van der Waals surface area contributed by atoms with Gasteiger partial charge in [-0.25, -0.2) is 0 Å². The molecule has 0 amide bonds. The van der Waals surface area contributed by atoms with Crippen molar-refractivity contribution in [2.24, 2.45) is 0 Å². The van der Waals surface area contributed by atoms with E-state index in [1.54, 1.807) is 0 Å². The van der Waals surface area contributed by atoms with Crippen LogP contribution in [-0.4, -0.2) is 0 Å². The Hall–Kier alpha value is -1.24. The average molecular weight is 322 g/mol. The van der Waals surface area contributed by atoms with Crippen molar-refractivity contribution in [3.63, 3.8) is 0 Å². The van der Waals surface area contributed by atoms with Gasteiger partial charge in [-0.2, -0.15) is 0 Å². The molecule has 0 atom stereocenters. The van der Waals surface area contributed by atoms with Crippen LogP contribution < -0.4 is 5.32 Å². The molecule has 1 nitrogen and oxygen atoms in total. The van der Waals surface area contributed by atoms with Crippen molar-refractivity contribution in [3.8, 4) is 0 Å². The standard InChI is InChI=1S/C15H23N.C3H8.2C2H6/c1-5-6-7-11-14(4)16-15-12(2)9-8-10-13(15)3;1-3-2;2*1-2/h8-10,16H,4-7,11H2,1-3H3;3H2,1-2H3;2*1-2H3. The smallest absolute Gasteiger partial charge is 0.0441 e. The van der Waals surface area contributed by atoms with E-state index in [9.17, 15) is 0 Å². The number of hydrogen-bond donors (Lipinski definition) is 1. The third-order valence-electron chi connectivity index (χ3n) is 2.87. The number of allylic oxidation sites excluding steroid dienone is 1. The zero-order chi connectivity index (χ0) is 18.7. The van der Waals surface area contributed by atoms with E-state index in [-0.39, 0.29) is 0 Å². The molecule has 23 heavy (non-hydrogen) atoms. The molecule has 1 aromatic rings. The van der Waals surface area contributed by atoms with Gasteiger partial charge in [-0.05, 0) is 37.8 Å². The Balaban J connectivity index is -0.000000496. The third-order valence-corrected chi connectivity index (χ3v) is 2.87. The summed E-state index contributed by atoms with van der Waals surface area (Å²) < 4.78 is 0. The molecule has 0 unspecified atom stereocenters. The largest absolute Gasteiger partial charge is 0.359 e. The van der Waals surface area contributed by atoms with Gasteiger partial charge in [-0.15, -0.1) is 0 Å². The van der Waals surface area contributed by atoms with Gasteiger partial charge < -0.3 is 5.32 Å². The van der Waals surface area contributed by atoms with Crippen molar-refractivity contribution in [2.45, 2.75) is 94.4 Å². The van der Waals surface area contributed by atoms with Crippen LogP contribution in [0.15, 0.2) is 30.5 Å². The molecule has 0 aromatic heterocycles. The predicted molar refractivity (Wildman–Crippen MR) is 111 cm³/mol. The second-order valence-corrected chi connectivity index (χ2v) is 5.16. The normalized spacial score (nSPS) is 8.39. The van der Waals surface area contributed by atoms with Crippen molar-refractivity contribution in [1.29, 1.82) is 0 Å². The fourth-order valence-corrected chi connectivity index (χ4v) is 1.84. The Morgan fingerprint density at radius 1 is 0.913 bits per heavy atom.